The number of nitrogens with zero attached hydrogens (tertiary/aromatic N) is 1. The predicted octanol–water partition coefficient (Wildman–Crippen LogP) is 3.73. The largest absolute Gasteiger partial charge is 0.478 e. The molecule has 112 valence electrons. The summed E-state index contributed by atoms with van der Waals surface area (Å²) in [6.45, 7) is 2.67. The molecule has 0 spiro atoms. The van der Waals surface area contributed by atoms with Gasteiger partial charge < -0.3 is 9.84 Å². The van der Waals surface area contributed by atoms with Crippen molar-refractivity contribution in [2.24, 2.45) is 0 Å². The first-order valence-electron chi connectivity index (χ1n) is 7.48. The molecule has 4 heteroatoms. The number of hydrogen-bond donors (Lipinski definition) is 1. The van der Waals surface area contributed by atoms with Crippen LogP contribution in [0.15, 0.2) is 24.3 Å². The van der Waals surface area contributed by atoms with E-state index in [0.29, 0.717) is 18.1 Å². The highest BCUT2D eigenvalue weighted by Gasteiger charge is 2.36. The summed E-state index contributed by atoms with van der Waals surface area (Å²) in [5.74, 6) is -0.513. The van der Waals surface area contributed by atoms with Crippen molar-refractivity contribution in [2.75, 3.05) is 6.61 Å². The van der Waals surface area contributed by atoms with Crippen LogP contribution in [0.2, 0.25) is 0 Å². The van der Waals surface area contributed by atoms with E-state index >= 15 is 0 Å². The zero-order valence-electron chi connectivity index (χ0n) is 12.3. The molecule has 0 bridgehead atoms. The van der Waals surface area contributed by atoms with E-state index in [1.807, 2.05) is 19.1 Å². The lowest BCUT2D eigenvalue weighted by molar-refractivity contribution is -0.0305. The van der Waals surface area contributed by atoms with Gasteiger partial charge in [0, 0.05) is 6.61 Å². The van der Waals surface area contributed by atoms with Gasteiger partial charge in [0.05, 0.1) is 11.6 Å². The van der Waals surface area contributed by atoms with Gasteiger partial charge in [-0.3, -0.25) is 0 Å². The van der Waals surface area contributed by atoms with Crippen LogP contribution in [-0.4, -0.2) is 23.3 Å². The number of nitriles is 1. The first kappa shape index (κ1) is 15.5. The van der Waals surface area contributed by atoms with E-state index in [9.17, 15) is 10.1 Å². The lowest BCUT2D eigenvalue weighted by Crippen LogP contribution is -2.35. The van der Waals surface area contributed by atoms with E-state index in [0.717, 1.165) is 37.7 Å². The molecule has 0 heterocycles. The van der Waals surface area contributed by atoms with Gasteiger partial charge in [-0.25, -0.2) is 4.79 Å². The maximum atomic E-state index is 10.9. The molecule has 21 heavy (non-hydrogen) atoms. The van der Waals surface area contributed by atoms with Gasteiger partial charge in [-0.2, -0.15) is 5.26 Å². The highest BCUT2D eigenvalue weighted by atomic mass is 16.5. The monoisotopic (exact) mass is 287 g/mol. The van der Waals surface area contributed by atoms with Crippen molar-refractivity contribution in [3.8, 4) is 6.07 Å². The zero-order chi connectivity index (χ0) is 15.3. The minimum Gasteiger partial charge on any atom is -0.478 e. The quantitative estimate of drug-likeness (QED) is 0.895. The molecule has 1 N–H and O–H groups in total. The Balaban J connectivity index is 2.00. The minimum atomic E-state index is -0.901. The van der Waals surface area contributed by atoms with Crippen molar-refractivity contribution in [3.63, 3.8) is 0 Å². The van der Waals surface area contributed by atoms with Gasteiger partial charge >= 0.3 is 5.97 Å². The topological polar surface area (TPSA) is 70.3 Å². The van der Waals surface area contributed by atoms with Crippen molar-refractivity contribution in [3.05, 3.63) is 35.4 Å². The van der Waals surface area contributed by atoms with Crippen molar-refractivity contribution < 1.29 is 14.6 Å². The van der Waals surface area contributed by atoms with Crippen molar-refractivity contribution in [1.82, 2.24) is 0 Å². The molecule has 0 aliphatic heterocycles. The summed E-state index contributed by atoms with van der Waals surface area (Å²) in [5, 5.41) is 18.3. The molecule has 0 aromatic heterocycles. The van der Waals surface area contributed by atoms with Gasteiger partial charge in [0.2, 0.25) is 0 Å². The van der Waals surface area contributed by atoms with Gasteiger partial charge in [0.15, 0.2) is 5.60 Å². The summed E-state index contributed by atoms with van der Waals surface area (Å²) in [5.41, 5.74) is 0.849. The Kier molecular flexibility index (Phi) is 4.98. The van der Waals surface area contributed by atoms with Gasteiger partial charge in [0.1, 0.15) is 0 Å². The number of rotatable bonds is 5. The number of carbonyl (C=O) groups is 1. The smallest absolute Gasteiger partial charge is 0.335 e. The van der Waals surface area contributed by atoms with E-state index in [1.165, 1.54) is 0 Å². The van der Waals surface area contributed by atoms with Crippen LogP contribution >= 0.6 is 0 Å². The number of benzene rings is 1. The number of carboxylic acid groups (broad SMARTS) is 1. The van der Waals surface area contributed by atoms with E-state index in [1.54, 1.807) is 12.1 Å². The third-order valence-electron chi connectivity index (χ3n) is 4.21. The second-order valence-corrected chi connectivity index (χ2v) is 5.66. The molecule has 0 radical (unpaired) electrons. The van der Waals surface area contributed by atoms with E-state index in [-0.39, 0.29) is 0 Å². The molecule has 1 fully saturated rings. The molecule has 2 rings (SSSR count). The fourth-order valence-electron chi connectivity index (χ4n) is 2.90. The Hall–Kier alpha value is -1.86. The van der Waals surface area contributed by atoms with E-state index in [2.05, 4.69) is 6.07 Å². The molecule has 1 aromatic rings. The molecule has 0 amide bonds. The summed E-state index contributed by atoms with van der Waals surface area (Å²) in [4.78, 5) is 10.9. The van der Waals surface area contributed by atoms with Gasteiger partial charge in [0.25, 0.3) is 0 Å². The third kappa shape index (κ3) is 3.62. The molecular formula is C17H21NO3. The average Bonchev–Trinajstić information content (AvgIpc) is 2.53. The maximum Gasteiger partial charge on any atom is 0.335 e. The first-order valence-corrected chi connectivity index (χ1v) is 7.48. The van der Waals surface area contributed by atoms with Crippen LogP contribution in [0.4, 0.5) is 0 Å². The molecule has 1 aliphatic rings. The van der Waals surface area contributed by atoms with Gasteiger partial charge in [-0.05, 0) is 55.7 Å². The molecule has 1 saturated carbocycles. The molecule has 0 saturated heterocycles. The highest BCUT2D eigenvalue weighted by molar-refractivity contribution is 5.87. The van der Waals surface area contributed by atoms with Crippen LogP contribution in [0.1, 0.15) is 60.9 Å². The van der Waals surface area contributed by atoms with E-state index in [4.69, 9.17) is 9.84 Å². The van der Waals surface area contributed by atoms with E-state index < -0.39 is 11.6 Å². The van der Waals surface area contributed by atoms with Crippen molar-refractivity contribution >= 4 is 5.97 Å². The second-order valence-electron chi connectivity index (χ2n) is 5.66. The normalized spacial score (nSPS) is 25.2. The molecule has 1 aromatic carbocycles. The second kappa shape index (κ2) is 6.73. The van der Waals surface area contributed by atoms with Crippen LogP contribution in [0, 0.1) is 11.3 Å². The van der Waals surface area contributed by atoms with Crippen LogP contribution in [-0.2, 0) is 4.74 Å². The lowest BCUT2D eigenvalue weighted by atomic mass is 9.76. The molecule has 0 unspecified atom stereocenters. The highest BCUT2D eigenvalue weighted by Crippen LogP contribution is 2.39. The van der Waals surface area contributed by atoms with Gasteiger partial charge in [-0.1, -0.05) is 19.1 Å². The van der Waals surface area contributed by atoms with Crippen LogP contribution in [0.3, 0.4) is 0 Å². The Bertz CT molecular complexity index is 522. The zero-order valence-corrected chi connectivity index (χ0v) is 12.3. The third-order valence-corrected chi connectivity index (χ3v) is 4.21. The average molecular weight is 287 g/mol. The Morgan fingerprint density at radius 1 is 1.38 bits per heavy atom. The standard InChI is InChI=1S/C17H21NO3/c1-2-11-21-17(12-18)9-7-14(8-10-17)13-3-5-15(6-4-13)16(19)20/h3-6,14H,2,7-11H2,1H3,(H,19,20). The first-order chi connectivity index (χ1) is 10.1. The molecule has 1 aliphatic carbocycles. The SMILES string of the molecule is CCCOC1(C#N)CCC(c2ccc(C(=O)O)cc2)CC1. The maximum absolute atomic E-state index is 10.9. The number of aromatic carboxylic acids is 1. The summed E-state index contributed by atoms with van der Waals surface area (Å²) in [6, 6.07) is 9.43. The summed E-state index contributed by atoms with van der Waals surface area (Å²) in [6.07, 6.45) is 4.22. The van der Waals surface area contributed by atoms with Gasteiger partial charge in [-0.15, -0.1) is 0 Å². The predicted molar refractivity (Wildman–Crippen MR) is 79.2 cm³/mol. The Labute approximate surface area is 125 Å². The number of hydrogen-bond acceptors (Lipinski definition) is 3. The molecular weight excluding hydrogens is 266 g/mol. The van der Waals surface area contributed by atoms with Crippen LogP contribution in [0.5, 0.6) is 0 Å². The Morgan fingerprint density at radius 3 is 2.48 bits per heavy atom. The summed E-state index contributed by atoms with van der Waals surface area (Å²) < 4.78 is 5.76. The fourth-order valence-corrected chi connectivity index (χ4v) is 2.90. The molecule has 0 atom stereocenters. The van der Waals surface area contributed by atoms with Crippen molar-refractivity contribution in [2.45, 2.75) is 50.5 Å². The fraction of sp³-hybridized carbons (Fsp3) is 0.529. The van der Waals surface area contributed by atoms with Crippen LogP contribution in [0.25, 0.3) is 0 Å². The lowest BCUT2D eigenvalue weighted by Gasteiger charge is -2.35. The number of carboxylic acids is 1. The summed E-state index contributed by atoms with van der Waals surface area (Å²) in [7, 11) is 0. The van der Waals surface area contributed by atoms with Crippen molar-refractivity contribution in [1.29, 1.82) is 5.26 Å². The Morgan fingerprint density at radius 2 is 2.00 bits per heavy atom. The number of ether oxygens (including phenoxy) is 1. The van der Waals surface area contributed by atoms with Crippen LogP contribution < -0.4 is 0 Å². The minimum absolute atomic E-state index is 0.312. The molecule has 4 nitrogen and oxygen atoms in total. The summed E-state index contributed by atoms with van der Waals surface area (Å²) >= 11 is 0.